The number of carbonyl (C=O) groups excluding carboxylic acids is 1. The number of fused-ring (bicyclic) bond motifs is 2. The van der Waals surface area contributed by atoms with Gasteiger partial charge in [0.25, 0.3) is 0 Å². The third-order valence-corrected chi connectivity index (χ3v) is 7.04. The van der Waals surface area contributed by atoms with Crippen molar-refractivity contribution in [2.24, 2.45) is 0 Å². The number of hydrogen-bond donors (Lipinski definition) is 0. The smallest absolute Gasteiger partial charge is 0.306 e. The van der Waals surface area contributed by atoms with Gasteiger partial charge in [0.1, 0.15) is 17.6 Å². The molecule has 1 fully saturated rings. The molecule has 0 N–H and O–H groups in total. The van der Waals surface area contributed by atoms with Crippen LogP contribution in [0.25, 0.3) is 0 Å². The molecule has 30 heavy (non-hydrogen) atoms. The van der Waals surface area contributed by atoms with Crippen LogP contribution in [0.2, 0.25) is 0 Å². The van der Waals surface area contributed by atoms with E-state index in [0.717, 1.165) is 42.7 Å². The Morgan fingerprint density at radius 3 is 2.77 bits per heavy atom. The zero-order valence-corrected chi connectivity index (χ0v) is 17.6. The quantitative estimate of drug-likeness (QED) is 0.642. The zero-order chi connectivity index (χ0) is 20.7. The maximum absolute atomic E-state index is 11.6. The third-order valence-electron chi connectivity index (χ3n) is 7.04. The molecule has 5 heteroatoms. The Labute approximate surface area is 177 Å². The van der Waals surface area contributed by atoms with Crippen molar-refractivity contribution in [2.45, 2.75) is 56.1 Å². The second-order valence-electron chi connectivity index (χ2n) is 8.56. The van der Waals surface area contributed by atoms with Crippen LogP contribution >= 0.6 is 0 Å². The van der Waals surface area contributed by atoms with Gasteiger partial charge in [0.05, 0.1) is 25.7 Å². The molecule has 5 nitrogen and oxygen atoms in total. The highest BCUT2D eigenvalue weighted by Gasteiger charge is 2.42. The van der Waals surface area contributed by atoms with E-state index in [4.69, 9.17) is 18.9 Å². The van der Waals surface area contributed by atoms with E-state index in [0.29, 0.717) is 13.0 Å². The van der Waals surface area contributed by atoms with Gasteiger partial charge in [-0.15, -0.1) is 0 Å². The second kappa shape index (κ2) is 7.62. The van der Waals surface area contributed by atoms with Crippen LogP contribution in [-0.2, 0) is 26.3 Å². The van der Waals surface area contributed by atoms with E-state index in [1.807, 2.05) is 25.3 Å². The average molecular weight is 408 g/mol. The summed E-state index contributed by atoms with van der Waals surface area (Å²) in [6.07, 6.45) is 5.78. The van der Waals surface area contributed by atoms with Crippen LogP contribution < -0.4 is 9.47 Å². The molecule has 2 aromatic rings. The number of rotatable bonds is 6. The fraction of sp³-hybridized carbons (Fsp3) is 0.480. The van der Waals surface area contributed by atoms with Crippen molar-refractivity contribution in [2.75, 3.05) is 20.8 Å². The average Bonchev–Trinajstić information content (AvgIpc) is 3.32. The molecular formula is C25H28O5. The lowest BCUT2D eigenvalue weighted by Crippen LogP contribution is -2.37. The summed E-state index contributed by atoms with van der Waals surface area (Å²) in [6, 6.07) is 12.5. The molecule has 0 aromatic heterocycles. The maximum Gasteiger partial charge on any atom is 0.306 e. The van der Waals surface area contributed by atoms with Crippen molar-refractivity contribution in [1.82, 2.24) is 0 Å². The fourth-order valence-electron chi connectivity index (χ4n) is 5.19. The minimum atomic E-state index is -0.213. The van der Waals surface area contributed by atoms with Gasteiger partial charge >= 0.3 is 5.97 Å². The molecule has 2 aromatic carbocycles. The molecule has 158 valence electrons. The Morgan fingerprint density at radius 2 is 2.03 bits per heavy atom. The first-order valence-electron chi connectivity index (χ1n) is 10.8. The first-order valence-corrected chi connectivity index (χ1v) is 10.8. The highest BCUT2D eigenvalue weighted by molar-refractivity contribution is 5.71. The molecule has 2 unspecified atom stereocenters. The summed E-state index contributed by atoms with van der Waals surface area (Å²) in [5, 5.41) is 0. The van der Waals surface area contributed by atoms with E-state index >= 15 is 0 Å². The summed E-state index contributed by atoms with van der Waals surface area (Å²) in [6.45, 7) is 0.503. The van der Waals surface area contributed by atoms with Gasteiger partial charge in [-0.05, 0) is 54.9 Å². The third kappa shape index (κ3) is 3.16. The van der Waals surface area contributed by atoms with Gasteiger partial charge in [0.2, 0.25) is 0 Å². The Balaban J connectivity index is 1.35. The Hall–Kier alpha value is -2.53. The van der Waals surface area contributed by atoms with Crippen LogP contribution in [0.1, 0.15) is 66.4 Å². The maximum atomic E-state index is 11.6. The van der Waals surface area contributed by atoms with E-state index in [1.54, 1.807) is 0 Å². The number of hydrogen-bond acceptors (Lipinski definition) is 5. The van der Waals surface area contributed by atoms with Gasteiger partial charge in [0.15, 0.2) is 0 Å². The zero-order valence-electron chi connectivity index (χ0n) is 17.6. The van der Waals surface area contributed by atoms with Gasteiger partial charge in [-0.25, -0.2) is 0 Å². The van der Waals surface area contributed by atoms with E-state index in [-0.39, 0.29) is 23.6 Å². The van der Waals surface area contributed by atoms with Crippen molar-refractivity contribution in [3.63, 3.8) is 0 Å². The molecular weight excluding hydrogens is 380 g/mol. The summed E-state index contributed by atoms with van der Waals surface area (Å²) >= 11 is 0. The van der Waals surface area contributed by atoms with Gasteiger partial charge in [0, 0.05) is 24.7 Å². The largest absolute Gasteiger partial charge is 0.492 e. The lowest BCUT2D eigenvalue weighted by atomic mass is 9.73. The standard InChI is InChI=1S/C25H28O5/c1-27-24(26)13-16-15-29-23-14-17(7-8-18(16)23)30-22-10-9-19-20(22)5-3-6-21(19)25(28-2)11-4-12-25/h3,5-8,14,16,22H,4,9-13,15H2,1-2H3. The van der Waals surface area contributed by atoms with Crippen LogP contribution in [0.15, 0.2) is 36.4 Å². The monoisotopic (exact) mass is 408 g/mol. The molecule has 2 aliphatic carbocycles. The minimum Gasteiger partial charge on any atom is -0.492 e. The number of esters is 1. The lowest BCUT2D eigenvalue weighted by Gasteiger charge is -2.42. The van der Waals surface area contributed by atoms with Crippen LogP contribution in [-0.4, -0.2) is 26.8 Å². The van der Waals surface area contributed by atoms with Crippen LogP contribution in [0.5, 0.6) is 11.5 Å². The van der Waals surface area contributed by atoms with Crippen LogP contribution in [0.4, 0.5) is 0 Å². The first-order chi connectivity index (χ1) is 14.6. The van der Waals surface area contributed by atoms with Crippen LogP contribution in [0, 0.1) is 0 Å². The molecule has 0 amide bonds. The topological polar surface area (TPSA) is 54.0 Å². The van der Waals surface area contributed by atoms with Gasteiger partial charge in [-0.1, -0.05) is 24.3 Å². The Morgan fingerprint density at radius 1 is 1.17 bits per heavy atom. The van der Waals surface area contributed by atoms with Gasteiger partial charge in [-0.2, -0.15) is 0 Å². The highest BCUT2D eigenvalue weighted by atomic mass is 16.5. The first kappa shape index (κ1) is 19.4. The highest BCUT2D eigenvalue weighted by Crippen LogP contribution is 2.49. The molecule has 1 saturated carbocycles. The molecule has 2 atom stereocenters. The summed E-state index contributed by atoms with van der Waals surface area (Å²) in [5.41, 5.74) is 4.98. The Bertz CT molecular complexity index is 956. The summed E-state index contributed by atoms with van der Waals surface area (Å²) in [5.74, 6) is 1.45. The molecule has 0 saturated heterocycles. The molecule has 0 bridgehead atoms. The number of carbonyl (C=O) groups is 1. The van der Waals surface area contributed by atoms with Gasteiger partial charge < -0.3 is 18.9 Å². The van der Waals surface area contributed by atoms with Crippen molar-refractivity contribution < 1.29 is 23.7 Å². The SMILES string of the molecule is COC(=O)CC1COc2cc(OC3CCc4c3cccc4C3(OC)CCC3)ccc21. The fourth-order valence-corrected chi connectivity index (χ4v) is 5.19. The van der Waals surface area contributed by atoms with Gasteiger partial charge in [-0.3, -0.25) is 4.79 Å². The number of methoxy groups -OCH3 is 2. The summed E-state index contributed by atoms with van der Waals surface area (Å²) in [7, 11) is 3.25. The molecule has 5 rings (SSSR count). The predicted octanol–water partition coefficient (Wildman–Crippen LogP) is 4.82. The molecule has 0 radical (unpaired) electrons. The second-order valence-corrected chi connectivity index (χ2v) is 8.56. The molecule has 0 spiro atoms. The van der Waals surface area contributed by atoms with Crippen LogP contribution in [0.3, 0.4) is 0 Å². The number of ether oxygens (including phenoxy) is 4. The summed E-state index contributed by atoms with van der Waals surface area (Å²) in [4.78, 5) is 11.6. The predicted molar refractivity (Wildman–Crippen MR) is 112 cm³/mol. The van der Waals surface area contributed by atoms with E-state index in [9.17, 15) is 4.79 Å². The van der Waals surface area contributed by atoms with E-state index in [2.05, 4.69) is 18.2 Å². The van der Waals surface area contributed by atoms with Crippen molar-refractivity contribution >= 4 is 5.97 Å². The van der Waals surface area contributed by atoms with Crippen molar-refractivity contribution in [3.05, 3.63) is 58.7 Å². The summed E-state index contributed by atoms with van der Waals surface area (Å²) < 4.78 is 23.0. The molecule has 1 heterocycles. The number of benzene rings is 2. The Kier molecular flexibility index (Phi) is 4.94. The molecule has 3 aliphatic rings. The van der Waals surface area contributed by atoms with Crippen molar-refractivity contribution in [3.8, 4) is 11.5 Å². The van der Waals surface area contributed by atoms with E-state index < -0.39 is 0 Å². The lowest BCUT2D eigenvalue weighted by molar-refractivity contribution is -0.141. The van der Waals surface area contributed by atoms with E-state index in [1.165, 1.54) is 30.2 Å². The molecule has 1 aliphatic heterocycles. The normalized spacial score (nSPS) is 23.1. The van der Waals surface area contributed by atoms with Crippen molar-refractivity contribution in [1.29, 1.82) is 0 Å². The minimum absolute atomic E-state index is 0.0410.